The first-order valence-corrected chi connectivity index (χ1v) is 8.55. The number of carbonyl (C=O) groups is 1. The average Bonchev–Trinajstić information content (AvgIpc) is 2.37. The summed E-state index contributed by atoms with van der Waals surface area (Å²) in [5.74, 6) is 1.19. The number of fused-ring (bicyclic) bond motifs is 1. The Bertz CT molecular complexity index is 330. The summed E-state index contributed by atoms with van der Waals surface area (Å²) in [6, 6.07) is 0. The minimum atomic E-state index is -0.184. The van der Waals surface area contributed by atoms with Crippen LogP contribution in [0.2, 0.25) is 0 Å². The van der Waals surface area contributed by atoms with Crippen LogP contribution in [-0.4, -0.2) is 12.1 Å². The minimum absolute atomic E-state index is 0.141. The lowest BCUT2D eigenvalue weighted by molar-refractivity contribution is -0.149. The lowest BCUT2D eigenvalue weighted by Gasteiger charge is -2.36. The van der Waals surface area contributed by atoms with Crippen LogP contribution in [0.5, 0.6) is 0 Å². The number of carbonyl (C=O) groups excluding carboxylic acids is 1. The molecule has 0 heterocycles. The van der Waals surface area contributed by atoms with E-state index in [1.165, 1.54) is 64.2 Å². The van der Waals surface area contributed by atoms with Gasteiger partial charge in [-0.25, -0.2) is 4.79 Å². The maximum absolute atomic E-state index is 11.9. The summed E-state index contributed by atoms with van der Waals surface area (Å²) in [7, 11) is 0. The van der Waals surface area contributed by atoms with E-state index in [0.717, 1.165) is 12.3 Å². The van der Waals surface area contributed by atoms with E-state index in [9.17, 15) is 4.79 Å². The van der Waals surface area contributed by atoms with Crippen molar-refractivity contribution in [1.29, 1.82) is 0 Å². The zero-order valence-corrected chi connectivity index (χ0v) is 13.0. The fraction of sp³-hybridized carbons (Fsp3) is 0.833. The molecule has 20 heavy (non-hydrogen) atoms. The third kappa shape index (κ3) is 4.36. The molecule has 3 unspecified atom stereocenters. The van der Waals surface area contributed by atoms with Crippen molar-refractivity contribution in [3.8, 4) is 0 Å². The standard InChI is InChI=1S/C18H30O2/c1-14(2)18(19)20-17-13-9-5-7-11-15-10-6-3-4-8-12-16(15)17/h15-17H,1,3-13H2,2H3. The molecule has 3 atom stereocenters. The zero-order valence-electron chi connectivity index (χ0n) is 13.0. The summed E-state index contributed by atoms with van der Waals surface area (Å²) < 4.78 is 5.82. The normalized spacial score (nSPS) is 31.9. The van der Waals surface area contributed by atoms with Crippen LogP contribution in [0, 0.1) is 11.8 Å². The van der Waals surface area contributed by atoms with E-state index in [1.807, 2.05) is 0 Å². The highest BCUT2D eigenvalue weighted by molar-refractivity contribution is 5.87. The molecular weight excluding hydrogens is 248 g/mol. The fourth-order valence-corrected chi connectivity index (χ4v) is 3.97. The van der Waals surface area contributed by atoms with Crippen LogP contribution in [0.25, 0.3) is 0 Å². The summed E-state index contributed by atoms with van der Waals surface area (Å²) in [6.45, 7) is 5.48. The van der Waals surface area contributed by atoms with Crippen LogP contribution >= 0.6 is 0 Å². The number of rotatable bonds is 2. The smallest absolute Gasteiger partial charge is 0.333 e. The Balaban J connectivity index is 2.07. The second-order valence-corrected chi connectivity index (χ2v) is 6.78. The average molecular weight is 278 g/mol. The molecule has 0 aromatic carbocycles. The topological polar surface area (TPSA) is 26.3 Å². The lowest BCUT2D eigenvalue weighted by Crippen LogP contribution is -2.34. The van der Waals surface area contributed by atoms with Gasteiger partial charge in [0.25, 0.3) is 0 Å². The summed E-state index contributed by atoms with van der Waals surface area (Å²) in [5, 5.41) is 0. The first-order chi connectivity index (χ1) is 9.68. The summed E-state index contributed by atoms with van der Waals surface area (Å²) in [5.41, 5.74) is 0.537. The molecule has 0 spiro atoms. The molecule has 0 aromatic rings. The highest BCUT2D eigenvalue weighted by Gasteiger charge is 2.33. The molecule has 2 saturated carbocycles. The van der Waals surface area contributed by atoms with E-state index in [4.69, 9.17) is 4.74 Å². The molecular formula is C18H30O2. The molecule has 2 nitrogen and oxygen atoms in total. The Morgan fingerprint density at radius 3 is 2.10 bits per heavy atom. The van der Waals surface area contributed by atoms with E-state index in [-0.39, 0.29) is 12.1 Å². The predicted octanol–water partition coefficient (Wildman–Crippen LogP) is 5.03. The number of hydrogen-bond donors (Lipinski definition) is 0. The summed E-state index contributed by atoms with van der Waals surface area (Å²) in [6.07, 6.45) is 14.4. The number of hydrogen-bond acceptors (Lipinski definition) is 2. The quantitative estimate of drug-likeness (QED) is 0.523. The van der Waals surface area contributed by atoms with E-state index in [0.29, 0.717) is 11.5 Å². The van der Waals surface area contributed by atoms with Gasteiger partial charge in [-0.3, -0.25) is 0 Å². The van der Waals surface area contributed by atoms with Gasteiger partial charge in [0.1, 0.15) is 6.10 Å². The monoisotopic (exact) mass is 278 g/mol. The first-order valence-electron chi connectivity index (χ1n) is 8.55. The first kappa shape index (κ1) is 15.6. The number of ether oxygens (including phenoxy) is 1. The molecule has 0 radical (unpaired) electrons. The van der Waals surface area contributed by atoms with Crippen molar-refractivity contribution in [2.75, 3.05) is 0 Å². The fourth-order valence-electron chi connectivity index (χ4n) is 3.97. The van der Waals surface area contributed by atoms with E-state index < -0.39 is 0 Å². The molecule has 2 aliphatic carbocycles. The van der Waals surface area contributed by atoms with Gasteiger partial charge in [0.05, 0.1) is 0 Å². The molecule has 2 fully saturated rings. The Morgan fingerprint density at radius 2 is 1.45 bits per heavy atom. The third-order valence-corrected chi connectivity index (χ3v) is 5.12. The maximum Gasteiger partial charge on any atom is 0.333 e. The van der Waals surface area contributed by atoms with Crippen molar-refractivity contribution in [1.82, 2.24) is 0 Å². The number of esters is 1. The molecule has 0 aromatic heterocycles. The molecule has 0 saturated heterocycles. The molecule has 0 N–H and O–H groups in total. The summed E-state index contributed by atoms with van der Waals surface area (Å²) >= 11 is 0. The van der Waals surface area contributed by atoms with Gasteiger partial charge in [0.15, 0.2) is 0 Å². The Kier molecular flexibility index (Phi) is 6.12. The van der Waals surface area contributed by atoms with Crippen LogP contribution in [0.1, 0.15) is 77.6 Å². The van der Waals surface area contributed by atoms with Crippen molar-refractivity contribution in [3.05, 3.63) is 12.2 Å². The van der Waals surface area contributed by atoms with Gasteiger partial charge in [-0.05, 0) is 38.0 Å². The SMILES string of the molecule is C=C(C)C(=O)OC1CCCCCC2CCCCCCC21. The van der Waals surface area contributed by atoms with Crippen LogP contribution in [0.3, 0.4) is 0 Å². The van der Waals surface area contributed by atoms with Gasteiger partial charge < -0.3 is 4.74 Å². The summed E-state index contributed by atoms with van der Waals surface area (Å²) in [4.78, 5) is 11.9. The highest BCUT2D eigenvalue weighted by Crippen LogP contribution is 2.38. The second kappa shape index (κ2) is 7.85. The van der Waals surface area contributed by atoms with E-state index in [1.54, 1.807) is 6.92 Å². The van der Waals surface area contributed by atoms with E-state index >= 15 is 0 Å². The van der Waals surface area contributed by atoms with Gasteiger partial charge in [0, 0.05) is 5.57 Å². The van der Waals surface area contributed by atoms with Crippen LogP contribution < -0.4 is 0 Å². The van der Waals surface area contributed by atoms with Gasteiger partial charge >= 0.3 is 5.97 Å². The zero-order chi connectivity index (χ0) is 14.4. The Hall–Kier alpha value is -0.790. The Morgan fingerprint density at radius 1 is 0.900 bits per heavy atom. The van der Waals surface area contributed by atoms with Gasteiger partial charge in [-0.1, -0.05) is 57.9 Å². The second-order valence-electron chi connectivity index (χ2n) is 6.78. The molecule has 0 amide bonds. The van der Waals surface area contributed by atoms with Crippen LogP contribution in [0.15, 0.2) is 12.2 Å². The Labute approximate surface area is 124 Å². The highest BCUT2D eigenvalue weighted by atomic mass is 16.5. The molecule has 2 aliphatic rings. The van der Waals surface area contributed by atoms with Crippen molar-refractivity contribution in [2.45, 2.75) is 83.7 Å². The van der Waals surface area contributed by atoms with Gasteiger partial charge in [-0.2, -0.15) is 0 Å². The molecule has 114 valence electrons. The van der Waals surface area contributed by atoms with Crippen LogP contribution in [0.4, 0.5) is 0 Å². The van der Waals surface area contributed by atoms with Crippen molar-refractivity contribution in [3.63, 3.8) is 0 Å². The van der Waals surface area contributed by atoms with Gasteiger partial charge in [-0.15, -0.1) is 0 Å². The van der Waals surface area contributed by atoms with Crippen molar-refractivity contribution < 1.29 is 9.53 Å². The minimum Gasteiger partial charge on any atom is -0.459 e. The van der Waals surface area contributed by atoms with E-state index in [2.05, 4.69) is 6.58 Å². The lowest BCUT2D eigenvalue weighted by atomic mass is 9.73. The van der Waals surface area contributed by atoms with Crippen molar-refractivity contribution >= 4 is 5.97 Å². The molecule has 0 bridgehead atoms. The van der Waals surface area contributed by atoms with Gasteiger partial charge in [0.2, 0.25) is 0 Å². The molecule has 2 heteroatoms. The molecule has 2 rings (SSSR count). The maximum atomic E-state index is 11.9. The largest absolute Gasteiger partial charge is 0.459 e. The predicted molar refractivity (Wildman–Crippen MR) is 82.5 cm³/mol. The molecule has 0 aliphatic heterocycles. The van der Waals surface area contributed by atoms with Crippen LogP contribution in [-0.2, 0) is 9.53 Å². The van der Waals surface area contributed by atoms with Crippen molar-refractivity contribution in [2.24, 2.45) is 11.8 Å². The third-order valence-electron chi connectivity index (χ3n) is 5.12.